The lowest BCUT2D eigenvalue weighted by Gasteiger charge is -2.19. The Morgan fingerprint density at radius 1 is 1.18 bits per heavy atom. The molecule has 1 aliphatic rings. The number of fused-ring (bicyclic) bond motifs is 2. The summed E-state index contributed by atoms with van der Waals surface area (Å²) in [7, 11) is 0. The van der Waals surface area contributed by atoms with E-state index in [0.29, 0.717) is 41.4 Å². The summed E-state index contributed by atoms with van der Waals surface area (Å²) >= 11 is 0. The number of urea groups is 1. The Labute approximate surface area is 158 Å². The lowest BCUT2D eigenvalue weighted by Crippen LogP contribution is -2.35. The van der Waals surface area contributed by atoms with Gasteiger partial charge in [0.1, 0.15) is 18.9 Å². The summed E-state index contributed by atoms with van der Waals surface area (Å²) in [5.74, 6) is 0.616. The van der Waals surface area contributed by atoms with Gasteiger partial charge in [-0.2, -0.15) is 0 Å². The van der Waals surface area contributed by atoms with E-state index in [-0.39, 0.29) is 18.5 Å². The summed E-state index contributed by atoms with van der Waals surface area (Å²) in [6, 6.07) is 5.91. The number of nitrogens with zero attached hydrogens (tertiary/aromatic N) is 2. The third kappa shape index (κ3) is 3.65. The van der Waals surface area contributed by atoms with Gasteiger partial charge in [0, 0.05) is 30.9 Å². The molecule has 0 bridgehead atoms. The predicted octanol–water partition coefficient (Wildman–Crippen LogP) is 1.23. The van der Waals surface area contributed by atoms with E-state index in [1.54, 1.807) is 30.5 Å². The third-order valence-electron chi connectivity index (χ3n) is 4.18. The van der Waals surface area contributed by atoms with Crippen LogP contribution in [0.1, 0.15) is 6.42 Å². The van der Waals surface area contributed by atoms with Crippen LogP contribution >= 0.6 is 0 Å². The molecular formula is C18H17N5O5. The van der Waals surface area contributed by atoms with Crippen LogP contribution < -0.4 is 25.7 Å². The van der Waals surface area contributed by atoms with Gasteiger partial charge in [0.15, 0.2) is 11.5 Å². The number of amides is 3. The van der Waals surface area contributed by atoms with Gasteiger partial charge < -0.3 is 19.8 Å². The van der Waals surface area contributed by atoms with Crippen molar-refractivity contribution in [1.29, 1.82) is 0 Å². The first-order valence-corrected chi connectivity index (χ1v) is 8.63. The Morgan fingerprint density at radius 2 is 2.00 bits per heavy atom. The minimum Gasteiger partial charge on any atom is -0.486 e. The smallest absolute Gasteiger partial charge is 0.325 e. The molecule has 10 heteroatoms. The van der Waals surface area contributed by atoms with E-state index in [1.807, 2.05) is 0 Å². The maximum atomic E-state index is 12.3. The summed E-state index contributed by atoms with van der Waals surface area (Å²) in [6.07, 6.45) is 2.94. The first-order valence-electron chi connectivity index (χ1n) is 8.63. The molecule has 0 fully saturated rings. The van der Waals surface area contributed by atoms with Crippen molar-refractivity contribution in [3.05, 3.63) is 47.1 Å². The molecule has 3 aromatic rings. The summed E-state index contributed by atoms with van der Waals surface area (Å²) < 4.78 is 12.2. The van der Waals surface area contributed by atoms with Crippen molar-refractivity contribution in [2.75, 3.05) is 18.5 Å². The first-order chi connectivity index (χ1) is 13.6. The molecule has 0 atom stereocenters. The van der Waals surface area contributed by atoms with Gasteiger partial charge in [-0.15, -0.1) is 0 Å². The SMILES string of the molecule is O=C(CCn1cnc2[nH]ccc2c1=O)NC(=O)Nc1ccc2c(c1)OCCO2. The number of nitrogens with one attached hydrogen (secondary N) is 3. The lowest BCUT2D eigenvalue weighted by atomic mass is 10.2. The number of hydrogen-bond acceptors (Lipinski definition) is 6. The van der Waals surface area contributed by atoms with Crippen LogP contribution in [0.2, 0.25) is 0 Å². The molecule has 3 amide bonds. The second kappa shape index (κ2) is 7.43. The molecule has 3 N–H and O–H groups in total. The summed E-state index contributed by atoms with van der Waals surface area (Å²) in [5, 5.41) is 5.23. The van der Waals surface area contributed by atoms with Crippen LogP contribution in [0.3, 0.4) is 0 Å². The van der Waals surface area contributed by atoms with E-state index < -0.39 is 11.9 Å². The van der Waals surface area contributed by atoms with Gasteiger partial charge in [-0.3, -0.25) is 19.5 Å². The average molecular weight is 383 g/mol. The maximum absolute atomic E-state index is 12.3. The molecule has 4 rings (SSSR count). The summed E-state index contributed by atoms with van der Waals surface area (Å²) in [4.78, 5) is 43.2. The average Bonchev–Trinajstić information content (AvgIpc) is 3.17. The zero-order valence-electron chi connectivity index (χ0n) is 14.7. The van der Waals surface area contributed by atoms with Gasteiger partial charge in [-0.25, -0.2) is 9.78 Å². The fourth-order valence-electron chi connectivity index (χ4n) is 2.83. The van der Waals surface area contributed by atoms with Crippen LogP contribution in [0.5, 0.6) is 11.5 Å². The van der Waals surface area contributed by atoms with Crippen molar-refractivity contribution in [3.8, 4) is 11.5 Å². The fraction of sp³-hybridized carbons (Fsp3) is 0.222. The second-order valence-corrected chi connectivity index (χ2v) is 6.09. The van der Waals surface area contributed by atoms with Crippen molar-refractivity contribution in [1.82, 2.24) is 19.9 Å². The van der Waals surface area contributed by atoms with Crippen LogP contribution in [0.25, 0.3) is 11.0 Å². The van der Waals surface area contributed by atoms with E-state index in [2.05, 4.69) is 20.6 Å². The Hall–Kier alpha value is -3.82. The molecule has 28 heavy (non-hydrogen) atoms. The van der Waals surface area contributed by atoms with Crippen molar-refractivity contribution in [2.24, 2.45) is 0 Å². The molecule has 10 nitrogen and oxygen atoms in total. The van der Waals surface area contributed by atoms with Crippen LogP contribution in [0, 0.1) is 0 Å². The first kappa shape index (κ1) is 17.6. The molecule has 3 heterocycles. The van der Waals surface area contributed by atoms with E-state index in [4.69, 9.17) is 9.47 Å². The lowest BCUT2D eigenvalue weighted by molar-refractivity contribution is -0.120. The van der Waals surface area contributed by atoms with Crippen LogP contribution in [0.4, 0.5) is 10.5 Å². The van der Waals surface area contributed by atoms with Gasteiger partial charge in [-0.1, -0.05) is 0 Å². The highest BCUT2D eigenvalue weighted by atomic mass is 16.6. The Balaban J connectivity index is 1.32. The predicted molar refractivity (Wildman–Crippen MR) is 99.6 cm³/mol. The molecule has 0 saturated heterocycles. The van der Waals surface area contributed by atoms with Gasteiger partial charge in [0.25, 0.3) is 5.56 Å². The van der Waals surface area contributed by atoms with Gasteiger partial charge >= 0.3 is 6.03 Å². The third-order valence-corrected chi connectivity index (χ3v) is 4.18. The van der Waals surface area contributed by atoms with Crippen LogP contribution in [0.15, 0.2) is 41.6 Å². The number of aromatic amines is 1. The molecule has 144 valence electrons. The van der Waals surface area contributed by atoms with Crippen molar-refractivity contribution >= 4 is 28.7 Å². The second-order valence-electron chi connectivity index (χ2n) is 6.09. The molecule has 2 aromatic heterocycles. The largest absolute Gasteiger partial charge is 0.486 e. The molecule has 0 saturated carbocycles. The molecule has 1 aromatic carbocycles. The standard InChI is InChI=1S/C18H17N5O5/c24-15(4-6-23-10-20-16-12(17(23)25)3-5-19-16)22-18(26)21-11-1-2-13-14(9-11)28-8-7-27-13/h1-3,5,9-10,19H,4,6-8H2,(H2,21,22,24,26). The molecule has 0 spiro atoms. The zero-order chi connectivity index (χ0) is 19.5. The maximum Gasteiger partial charge on any atom is 0.325 e. The summed E-state index contributed by atoms with van der Waals surface area (Å²) in [6.45, 7) is 1.02. The van der Waals surface area contributed by atoms with E-state index in [0.717, 1.165) is 0 Å². The number of imide groups is 1. The number of carbonyl (C=O) groups is 2. The number of ether oxygens (including phenoxy) is 2. The monoisotopic (exact) mass is 383 g/mol. The number of aromatic nitrogens is 3. The zero-order valence-corrected chi connectivity index (χ0v) is 14.7. The number of benzene rings is 1. The quantitative estimate of drug-likeness (QED) is 0.622. The topological polar surface area (TPSA) is 127 Å². The van der Waals surface area contributed by atoms with Gasteiger partial charge in [0.05, 0.1) is 11.7 Å². The summed E-state index contributed by atoms with van der Waals surface area (Å²) in [5.41, 5.74) is 0.706. The Kier molecular flexibility index (Phi) is 4.67. The molecule has 0 aliphatic carbocycles. The highest BCUT2D eigenvalue weighted by molar-refractivity contribution is 6.01. The molecular weight excluding hydrogens is 366 g/mol. The molecule has 1 aliphatic heterocycles. The fourth-order valence-corrected chi connectivity index (χ4v) is 2.83. The van der Waals surface area contributed by atoms with Crippen molar-refractivity contribution in [2.45, 2.75) is 13.0 Å². The number of aryl methyl sites for hydroxylation is 1. The van der Waals surface area contributed by atoms with Gasteiger partial charge in [0.2, 0.25) is 5.91 Å². The Bertz CT molecular complexity index is 1100. The van der Waals surface area contributed by atoms with Crippen LogP contribution in [-0.2, 0) is 11.3 Å². The Morgan fingerprint density at radius 3 is 2.86 bits per heavy atom. The van der Waals surface area contributed by atoms with Crippen molar-refractivity contribution in [3.63, 3.8) is 0 Å². The number of H-pyrrole nitrogens is 1. The van der Waals surface area contributed by atoms with E-state index in [1.165, 1.54) is 10.9 Å². The minimum atomic E-state index is -0.673. The van der Waals surface area contributed by atoms with Crippen LogP contribution in [-0.4, -0.2) is 39.7 Å². The highest BCUT2D eigenvalue weighted by Gasteiger charge is 2.14. The molecule has 0 unspecified atom stereocenters. The molecule has 0 radical (unpaired) electrons. The normalized spacial score (nSPS) is 12.6. The van der Waals surface area contributed by atoms with Gasteiger partial charge in [-0.05, 0) is 18.2 Å². The minimum absolute atomic E-state index is 0.0495. The highest BCUT2D eigenvalue weighted by Crippen LogP contribution is 2.32. The number of anilines is 1. The van der Waals surface area contributed by atoms with E-state index in [9.17, 15) is 14.4 Å². The number of rotatable bonds is 4. The number of hydrogen-bond donors (Lipinski definition) is 3. The number of carbonyl (C=O) groups excluding carboxylic acids is 2. The van der Waals surface area contributed by atoms with E-state index >= 15 is 0 Å². The van der Waals surface area contributed by atoms with Crippen molar-refractivity contribution < 1.29 is 19.1 Å².